The smallest absolute Gasteiger partial charge is 0.315 e. The van der Waals surface area contributed by atoms with Gasteiger partial charge in [-0.2, -0.15) is 0 Å². The normalized spacial score (nSPS) is 57.3. The van der Waals surface area contributed by atoms with E-state index >= 15 is 0 Å². The molecule has 4 saturated carbocycles. The molecule has 3 aliphatic heterocycles. The van der Waals surface area contributed by atoms with Crippen LogP contribution in [-0.4, -0.2) is 163 Å². The van der Waals surface area contributed by atoms with E-state index in [0.717, 1.165) is 12.8 Å². The van der Waals surface area contributed by atoms with E-state index in [-0.39, 0.29) is 47.1 Å². The van der Waals surface area contributed by atoms with Gasteiger partial charge in [0.05, 0.1) is 38.1 Å². The van der Waals surface area contributed by atoms with Crippen LogP contribution in [0.25, 0.3) is 0 Å². The fourth-order valence-corrected chi connectivity index (χ4v) is 14.3. The van der Waals surface area contributed by atoms with Crippen LogP contribution < -0.4 is 0 Å². The van der Waals surface area contributed by atoms with Gasteiger partial charge in [-0.25, -0.2) is 0 Å². The molecule has 58 heavy (non-hydrogen) atoms. The Morgan fingerprint density at radius 1 is 0.741 bits per heavy atom. The van der Waals surface area contributed by atoms with E-state index in [2.05, 4.69) is 40.7 Å². The lowest BCUT2D eigenvalue weighted by Crippen LogP contribution is -2.70. The van der Waals surface area contributed by atoms with Crippen molar-refractivity contribution in [2.75, 3.05) is 19.8 Å². The Labute approximate surface area is 339 Å². The minimum absolute atomic E-state index is 0.000887. The zero-order valence-electron chi connectivity index (χ0n) is 34.4. The van der Waals surface area contributed by atoms with Gasteiger partial charge in [0.1, 0.15) is 60.4 Å². The molecule has 16 nitrogen and oxygen atoms in total. The Bertz CT molecular complexity index is 1620. The Kier molecular flexibility index (Phi) is 10.7. The Morgan fingerprint density at radius 3 is 2.02 bits per heavy atom. The molecule has 3 saturated heterocycles. The maximum atomic E-state index is 13.7. The van der Waals surface area contributed by atoms with Crippen LogP contribution in [0.15, 0.2) is 11.6 Å². The van der Waals surface area contributed by atoms with Gasteiger partial charge in [0.2, 0.25) is 0 Å². The molecule has 16 heteroatoms. The van der Waals surface area contributed by atoms with Gasteiger partial charge in [0, 0.05) is 17.3 Å². The van der Waals surface area contributed by atoms with Gasteiger partial charge in [-0.05, 0) is 72.5 Å². The quantitative estimate of drug-likeness (QED) is 0.0860. The first-order chi connectivity index (χ1) is 27.1. The second-order valence-corrected chi connectivity index (χ2v) is 20.9. The highest BCUT2D eigenvalue weighted by atomic mass is 16.8. The van der Waals surface area contributed by atoms with E-state index in [1.54, 1.807) is 0 Å². The number of aliphatic hydroxyl groups is 10. The van der Waals surface area contributed by atoms with Crippen LogP contribution in [0.3, 0.4) is 0 Å². The van der Waals surface area contributed by atoms with Gasteiger partial charge >= 0.3 is 5.97 Å². The molecule has 10 N–H and O–H groups in total. The minimum atomic E-state index is -1.85. The molecule has 22 atom stereocenters. The van der Waals surface area contributed by atoms with Crippen LogP contribution in [0.2, 0.25) is 0 Å². The molecule has 5 aliphatic carbocycles. The predicted octanol–water partition coefficient (Wildman–Crippen LogP) is -0.753. The fraction of sp³-hybridized carbons (Fsp3) is 0.929. The molecular weight excluding hydrogens is 760 g/mol. The summed E-state index contributed by atoms with van der Waals surface area (Å²) < 4.78 is 29.9. The number of hydrogen-bond donors (Lipinski definition) is 10. The van der Waals surface area contributed by atoms with Crippen molar-refractivity contribution < 1.29 is 79.5 Å². The van der Waals surface area contributed by atoms with Gasteiger partial charge in [-0.3, -0.25) is 4.79 Å². The average molecular weight is 827 g/mol. The number of hydrogen-bond acceptors (Lipinski definition) is 16. The molecule has 0 amide bonds. The highest BCUT2D eigenvalue weighted by Crippen LogP contribution is 2.76. The zero-order valence-corrected chi connectivity index (χ0v) is 34.4. The number of esters is 1. The minimum Gasteiger partial charge on any atom is -0.461 e. The molecule has 0 radical (unpaired) electrons. The number of carbonyl (C=O) groups excluding carboxylic acids is 1. The summed E-state index contributed by atoms with van der Waals surface area (Å²) in [6.07, 6.45) is -13.7. The molecule has 7 fully saturated rings. The molecule has 8 aliphatic rings. The second kappa shape index (κ2) is 14.3. The Balaban J connectivity index is 1.10. The monoisotopic (exact) mass is 826 g/mol. The zero-order chi connectivity index (χ0) is 42.3. The average Bonchev–Trinajstić information content (AvgIpc) is 3.49. The van der Waals surface area contributed by atoms with Crippen molar-refractivity contribution in [2.45, 2.75) is 172 Å². The third-order valence-corrected chi connectivity index (χ3v) is 17.8. The Morgan fingerprint density at radius 2 is 1.38 bits per heavy atom. The molecule has 0 aromatic rings. The van der Waals surface area contributed by atoms with Gasteiger partial charge in [-0.1, -0.05) is 53.2 Å². The number of carbonyl (C=O) groups is 1. The van der Waals surface area contributed by atoms with E-state index in [9.17, 15) is 55.9 Å². The van der Waals surface area contributed by atoms with Crippen molar-refractivity contribution in [3.8, 4) is 0 Å². The van der Waals surface area contributed by atoms with Crippen molar-refractivity contribution in [3.05, 3.63) is 11.6 Å². The third-order valence-electron chi connectivity index (χ3n) is 17.8. The number of ether oxygens (including phenoxy) is 5. The predicted molar refractivity (Wildman–Crippen MR) is 200 cm³/mol. The van der Waals surface area contributed by atoms with Crippen LogP contribution in [0.1, 0.15) is 86.5 Å². The summed E-state index contributed by atoms with van der Waals surface area (Å²) in [4.78, 5) is 13.7. The summed E-state index contributed by atoms with van der Waals surface area (Å²) >= 11 is 0. The van der Waals surface area contributed by atoms with Crippen molar-refractivity contribution >= 4 is 5.97 Å². The van der Waals surface area contributed by atoms with E-state index in [0.29, 0.717) is 25.7 Å². The van der Waals surface area contributed by atoms with Crippen molar-refractivity contribution in [2.24, 2.45) is 50.2 Å². The first kappa shape index (κ1) is 43.3. The highest BCUT2D eigenvalue weighted by molar-refractivity contribution is 5.82. The molecule has 0 aromatic carbocycles. The summed E-state index contributed by atoms with van der Waals surface area (Å²) in [5.74, 6) is -0.666. The van der Waals surface area contributed by atoms with Crippen molar-refractivity contribution in [1.29, 1.82) is 0 Å². The van der Waals surface area contributed by atoms with E-state index < -0.39 is 121 Å². The molecule has 0 aromatic heterocycles. The van der Waals surface area contributed by atoms with Crippen LogP contribution in [0.4, 0.5) is 0 Å². The lowest BCUT2D eigenvalue weighted by molar-refractivity contribution is -0.384. The third kappa shape index (κ3) is 5.73. The maximum Gasteiger partial charge on any atom is 0.315 e. The SMILES string of the molecule is CC1(C)C[C@H]2C3=CC[C@@H]4[C@]5(C)C[C@H](O)[C@@H](O[C@@H]6O[C@H](CO)[C@H](O)[C@H](O)[C@@H]6O[C@H]6O[C@@H](CO)[C@@H](O)[C@@H](O)[C@H]6O)[C@](C)(CO)[C@@H]5CC[C@@]4(C)[C@]3(C)C[C@H](O)[C@]23C[C@H]1OC3=O. The lowest BCUT2D eigenvalue weighted by atomic mass is 9.33. The van der Waals surface area contributed by atoms with Gasteiger partial charge in [0.15, 0.2) is 12.6 Å². The highest BCUT2D eigenvalue weighted by Gasteiger charge is 2.75. The summed E-state index contributed by atoms with van der Waals surface area (Å²) in [5, 5.41) is 109. The molecular formula is C42H66O16. The molecule has 2 bridgehead atoms. The van der Waals surface area contributed by atoms with E-state index in [1.165, 1.54) is 5.57 Å². The van der Waals surface area contributed by atoms with Crippen LogP contribution in [-0.2, 0) is 28.5 Å². The lowest BCUT2D eigenvalue weighted by Gasteiger charge is -2.72. The summed E-state index contributed by atoms with van der Waals surface area (Å²) in [7, 11) is 0. The van der Waals surface area contributed by atoms with E-state index in [1.807, 2.05) is 6.92 Å². The molecule has 8 rings (SSSR count). The molecule has 3 heterocycles. The van der Waals surface area contributed by atoms with Crippen molar-refractivity contribution in [3.63, 3.8) is 0 Å². The first-order valence-electron chi connectivity index (χ1n) is 21.2. The number of rotatable bonds is 7. The summed E-state index contributed by atoms with van der Waals surface area (Å²) in [6, 6.07) is 0. The van der Waals surface area contributed by atoms with Gasteiger partial charge < -0.3 is 74.7 Å². The van der Waals surface area contributed by atoms with Crippen molar-refractivity contribution in [1.82, 2.24) is 0 Å². The topological polar surface area (TPSA) is 266 Å². The van der Waals surface area contributed by atoms with Gasteiger partial charge in [-0.15, -0.1) is 0 Å². The van der Waals surface area contributed by atoms with Crippen LogP contribution >= 0.6 is 0 Å². The van der Waals surface area contributed by atoms with Crippen LogP contribution in [0.5, 0.6) is 0 Å². The molecule has 330 valence electrons. The fourth-order valence-electron chi connectivity index (χ4n) is 14.3. The molecule has 1 spiro atoms. The first-order valence-corrected chi connectivity index (χ1v) is 21.2. The molecule has 0 unspecified atom stereocenters. The van der Waals surface area contributed by atoms with Crippen LogP contribution in [0, 0.1) is 50.2 Å². The summed E-state index contributed by atoms with van der Waals surface area (Å²) in [6.45, 7) is 11.0. The summed E-state index contributed by atoms with van der Waals surface area (Å²) in [5.41, 5.74) is -2.48. The number of aliphatic hydroxyl groups excluding tert-OH is 10. The second-order valence-electron chi connectivity index (χ2n) is 20.9. The standard InChI is InChI=1S/C42H66O16/c1-37(2)11-19-18-7-8-24-38(3)12-20(46)33(58-35-32(30(51)28(49)22(16-44)55-35)57-34-31(52)29(50)27(48)21(15-43)54-34)39(4,17-45)23(38)9-10-40(24,5)41(18,6)13-25(47)42(19)14-26(37)56-36(42)53/h7,19-35,43-52H,8-17H2,1-6H3/t19-,20-,21-,22+,23+,24+,25-,26+,27+,28-,29+,30-,31+,32-,33+,34+,35-,38+,39+,40+,41+,42-/m0/s1. The van der Waals surface area contributed by atoms with Gasteiger partial charge in [0.25, 0.3) is 0 Å². The largest absolute Gasteiger partial charge is 0.461 e. The maximum absolute atomic E-state index is 13.7. The number of allylic oxidation sites excluding steroid dienone is 2. The van der Waals surface area contributed by atoms with E-state index in [4.69, 9.17) is 23.7 Å². The Hall–Kier alpha value is -1.35. The number of fused-ring (bicyclic) bond motifs is 7.